The zero-order valence-corrected chi connectivity index (χ0v) is 10.9. The molecule has 3 rings (SSSR count). The van der Waals surface area contributed by atoms with Gasteiger partial charge in [-0.2, -0.15) is 5.10 Å². The second-order valence-corrected chi connectivity index (χ2v) is 4.51. The van der Waals surface area contributed by atoms with Gasteiger partial charge in [0.05, 0.1) is 16.9 Å². The normalized spacial score (nSPS) is 11.0. The third kappa shape index (κ3) is 2.48. The standard InChI is InChI=1S/C15H16N4/c1-19-15-8-3-2-7-13(15)14(18-19)11-16-10-12-6-4-5-9-17-12/h2-9,16H,10-11H2,1H3. The number of nitrogens with one attached hydrogen (secondary N) is 1. The van der Waals surface area contributed by atoms with Crippen LogP contribution in [0.5, 0.6) is 0 Å². The van der Waals surface area contributed by atoms with Crippen molar-refractivity contribution >= 4 is 10.9 Å². The Bertz CT molecular complexity index is 673. The van der Waals surface area contributed by atoms with Crippen LogP contribution in [0, 0.1) is 0 Å². The minimum atomic E-state index is 0.748. The van der Waals surface area contributed by atoms with Crippen LogP contribution in [-0.2, 0) is 20.1 Å². The lowest BCUT2D eigenvalue weighted by Gasteiger charge is -2.02. The minimum absolute atomic E-state index is 0.748. The van der Waals surface area contributed by atoms with E-state index in [9.17, 15) is 0 Å². The molecule has 2 aromatic heterocycles. The molecule has 0 fully saturated rings. The Morgan fingerprint density at radius 2 is 1.89 bits per heavy atom. The molecule has 96 valence electrons. The van der Waals surface area contributed by atoms with Gasteiger partial charge in [0.15, 0.2) is 0 Å². The molecule has 0 bridgehead atoms. The third-order valence-electron chi connectivity index (χ3n) is 3.16. The summed E-state index contributed by atoms with van der Waals surface area (Å²) in [6.45, 7) is 1.50. The van der Waals surface area contributed by atoms with Crippen LogP contribution in [0.4, 0.5) is 0 Å². The van der Waals surface area contributed by atoms with Crippen molar-refractivity contribution in [1.29, 1.82) is 0 Å². The second kappa shape index (κ2) is 5.20. The van der Waals surface area contributed by atoms with Crippen LogP contribution in [0.15, 0.2) is 48.7 Å². The fourth-order valence-corrected chi connectivity index (χ4v) is 2.23. The van der Waals surface area contributed by atoms with Crippen molar-refractivity contribution in [3.05, 3.63) is 60.0 Å². The molecule has 0 aliphatic rings. The first-order valence-electron chi connectivity index (χ1n) is 6.36. The smallest absolute Gasteiger partial charge is 0.0841 e. The van der Waals surface area contributed by atoms with Crippen LogP contribution >= 0.6 is 0 Å². The molecule has 0 radical (unpaired) electrons. The summed E-state index contributed by atoms with van der Waals surface area (Å²) in [7, 11) is 1.98. The Hall–Kier alpha value is -2.20. The molecule has 0 spiro atoms. The molecule has 0 amide bonds. The Balaban J connectivity index is 1.72. The van der Waals surface area contributed by atoms with E-state index in [1.807, 2.05) is 48.3 Å². The summed E-state index contributed by atoms with van der Waals surface area (Å²) in [5, 5.41) is 9.15. The fraction of sp³-hybridized carbons (Fsp3) is 0.200. The zero-order valence-electron chi connectivity index (χ0n) is 10.9. The molecule has 19 heavy (non-hydrogen) atoms. The van der Waals surface area contributed by atoms with E-state index in [1.54, 1.807) is 0 Å². The Kier molecular flexibility index (Phi) is 3.25. The molecular weight excluding hydrogens is 236 g/mol. The topological polar surface area (TPSA) is 42.7 Å². The van der Waals surface area contributed by atoms with Gasteiger partial charge in [-0.15, -0.1) is 0 Å². The van der Waals surface area contributed by atoms with Crippen molar-refractivity contribution in [3.63, 3.8) is 0 Å². The van der Waals surface area contributed by atoms with Crippen molar-refractivity contribution in [2.24, 2.45) is 7.05 Å². The summed E-state index contributed by atoms with van der Waals surface area (Å²) in [6, 6.07) is 14.2. The molecule has 0 aliphatic carbocycles. The largest absolute Gasteiger partial charge is 0.305 e. The van der Waals surface area contributed by atoms with Crippen molar-refractivity contribution in [3.8, 4) is 0 Å². The first kappa shape index (κ1) is 11.9. The SMILES string of the molecule is Cn1nc(CNCc2ccccn2)c2ccccc21. The van der Waals surface area contributed by atoms with Gasteiger partial charge in [0.1, 0.15) is 0 Å². The average molecular weight is 252 g/mol. The highest BCUT2D eigenvalue weighted by Gasteiger charge is 2.06. The van der Waals surface area contributed by atoms with E-state index in [0.717, 1.165) is 30.0 Å². The number of pyridine rings is 1. The van der Waals surface area contributed by atoms with Crippen LogP contribution in [0.25, 0.3) is 10.9 Å². The van der Waals surface area contributed by atoms with Crippen LogP contribution in [0.3, 0.4) is 0 Å². The van der Waals surface area contributed by atoms with Crippen LogP contribution < -0.4 is 5.32 Å². The molecule has 0 saturated carbocycles. The molecule has 2 heterocycles. The maximum atomic E-state index is 4.55. The molecule has 0 atom stereocenters. The number of nitrogens with zero attached hydrogens (tertiary/aromatic N) is 3. The van der Waals surface area contributed by atoms with E-state index < -0.39 is 0 Å². The fourth-order valence-electron chi connectivity index (χ4n) is 2.23. The molecular formula is C15H16N4. The predicted octanol–water partition coefficient (Wildman–Crippen LogP) is 2.26. The summed E-state index contributed by atoms with van der Waals surface area (Å²) in [5.74, 6) is 0. The van der Waals surface area contributed by atoms with E-state index in [-0.39, 0.29) is 0 Å². The van der Waals surface area contributed by atoms with E-state index in [1.165, 1.54) is 5.39 Å². The Morgan fingerprint density at radius 3 is 2.74 bits per heavy atom. The molecule has 0 aliphatic heterocycles. The van der Waals surface area contributed by atoms with Gasteiger partial charge in [0, 0.05) is 31.7 Å². The molecule has 1 aromatic carbocycles. The highest BCUT2D eigenvalue weighted by molar-refractivity contribution is 5.81. The molecule has 1 N–H and O–H groups in total. The highest BCUT2D eigenvalue weighted by atomic mass is 15.3. The van der Waals surface area contributed by atoms with Gasteiger partial charge in [0.25, 0.3) is 0 Å². The van der Waals surface area contributed by atoms with E-state index in [2.05, 4.69) is 27.5 Å². The van der Waals surface area contributed by atoms with Gasteiger partial charge in [-0.25, -0.2) is 0 Å². The third-order valence-corrected chi connectivity index (χ3v) is 3.16. The van der Waals surface area contributed by atoms with E-state index in [0.29, 0.717) is 0 Å². The summed E-state index contributed by atoms with van der Waals surface area (Å²) >= 11 is 0. The Labute approximate surface area is 112 Å². The molecule has 0 saturated heterocycles. The molecule has 0 unspecified atom stereocenters. The number of aryl methyl sites for hydroxylation is 1. The number of para-hydroxylation sites is 1. The van der Waals surface area contributed by atoms with Gasteiger partial charge >= 0.3 is 0 Å². The Morgan fingerprint density at radius 1 is 1.05 bits per heavy atom. The van der Waals surface area contributed by atoms with Crippen molar-refractivity contribution < 1.29 is 0 Å². The number of fused-ring (bicyclic) bond motifs is 1. The molecule has 3 aromatic rings. The summed E-state index contributed by atoms with van der Waals surface area (Å²) in [4.78, 5) is 4.29. The lowest BCUT2D eigenvalue weighted by Crippen LogP contribution is -2.14. The number of hydrogen-bond acceptors (Lipinski definition) is 3. The number of rotatable bonds is 4. The van der Waals surface area contributed by atoms with Crippen LogP contribution in [0.1, 0.15) is 11.4 Å². The maximum Gasteiger partial charge on any atom is 0.0841 e. The van der Waals surface area contributed by atoms with Gasteiger partial charge in [-0.3, -0.25) is 9.67 Å². The number of hydrogen-bond donors (Lipinski definition) is 1. The van der Waals surface area contributed by atoms with Crippen molar-refractivity contribution in [2.75, 3.05) is 0 Å². The number of aromatic nitrogens is 3. The second-order valence-electron chi connectivity index (χ2n) is 4.51. The van der Waals surface area contributed by atoms with Crippen molar-refractivity contribution in [1.82, 2.24) is 20.1 Å². The summed E-state index contributed by atoms with van der Waals surface area (Å²) in [5.41, 5.74) is 3.29. The molecule has 4 heteroatoms. The number of benzene rings is 1. The van der Waals surface area contributed by atoms with E-state index >= 15 is 0 Å². The predicted molar refractivity (Wildman–Crippen MR) is 75.5 cm³/mol. The highest BCUT2D eigenvalue weighted by Crippen LogP contribution is 2.17. The van der Waals surface area contributed by atoms with Crippen molar-refractivity contribution in [2.45, 2.75) is 13.1 Å². The minimum Gasteiger partial charge on any atom is -0.305 e. The first-order valence-corrected chi connectivity index (χ1v) is 6.36. The maximum absolute atomic E-state index is 4.55. The molecule has 4 nitrogen and oxygen atoms in total. The lowest BCUT2D eigenvalue weighted by atomic mass is 10.2. The van der Waals surface area contributed by atoms with Gasteiger partial charge < -0.3 is 5.32 Å². The van der Waals surface area contributed by atoms with Gasteiger partial charge in [-0.05, 0) is 18.2 Å². The van der Waals surface area contributed by atoms with Gasteiger partial charge in [-0.1, -0.05) is 24.3 Å². The van der Waals surface area contributed by atoms with Crippen LogP contribution in [-0.4, -0.2) is 14.8 Å². The van der Waals surface area contributed by atoms with Crippen LogP contribution in [0.2, 0.25) is 0 Å². The zero-order chi connectivity index (χ0) is 13.1. The monoisotopic (exact) mass is 252 g/mol. The quantitative estimate of drug-likeness (QED) is 0.774. The van der Waals surface area contributed by atoms with E-state index in [4.69, 9.17) is 0 Å². The lowest BCUT2D eigenvalue weighted by molar-refractivity contribution is 0.652. The summed E-state index contributed by atoms with van der Waals surface area (Å²) in [6.07, 6.45) is 1.81. The van der Waals surface area contributed by atoms with Gasteiger partial charge in [0.2, 0.25) is 0 Å². The summed E-state index contributed by atoms with van der Waals surface area (Å²) < 4.78 is 1.92. The first-order chi connectivity index (χ1) is 9.34. The average Bonchev–Trinajstić information content (AvgIpc) is 2.78.